The zero-order chi connectivity index (χ0) is 10.8. The lowest BCUT2D eigenvalue weighted by Crippen LogP contribution is -2.44. The number of carbonyl (C=O) groups excluding carboxylic acids is 1. The molecule has 80 valence electrons. The van der Waals surface area contributed by atoms with Crippen molar-refractivity contribution in [1.82, 2.24) is 0 Å². The summed E-state index contributed by atoms with van der Waals surface area (Å²) < 4.78 is 20.0. The van der Waals surface area contributed by atoms with E-state index in [4.69, 9.17) is 14.2 Å². The summed E-state index contributed by atoms with van der Waals surface area (Å²) in [5.74, 6) is -1.95. The molecule has 1 atom stereocenters. The highest BCUT2D eigenvalue weighted by molar-refractivity contribution is 5.76. The van der Waals surface area contributed by atoms with Crippen LogP contribution in [-0.4, -0.2) is 33.3 Å². The first-order valence-electron chi connectivity index (χ1n) is 4.15. The van der Waals surface area contributed by atoms with E-state index >= 15 is 0 Å². The predicted octanol–water partition coefficient (Wildman–Crippen LogP) is 0.656. The van der Waals surface area contributed by atoms with Crippen molar-refractivity contribution in [3.8, 4) is 0 Å². The predicted molar refractivity (Wildman–Crippen MR) is 47.1 cm³/mol. The number of ether oxygens (including phenoxy) is 4. The first kappa shape index (κ1) is 11.0. The SMILES string of the molecule is COC(=O)C1C=C(C)OC1(OC)OC. The van der Waals surface area contributed by atoms with Gasteiger partial charge in [0.25, 0.3) is 0 Å². The van der Waals surface area contributed by atoms with Crippen molar-refractivity contribution < 1.29 is 23.7 Å². The minimum Gasteiger partial charge on any atom is -0.468 e. The van der Waals surface area contributed by atoms with Crippen LogP contribution in [0.25, 0.3) is 0 Å². The quantitative estimate of drug-likeness (QED) is 0.497. The Hall–Kier alpha value is -1.07. The summed E-state index contributed by atoms with van der Waals surface area (Å²) in [6.07, 6.45) is 1.61. The van der Waals surface area contributed by atoms with Gasteiger partial charge >= 0.3 is 11.9 Å². The molecule has 0 saturated heterocycles. The van der Waals surface area contributed by atoms with Crippen molar-refractivity contribution in [2.45, 2.75) is 12.9 Å². The number of carbonyl (C=O) groups is 1. The van der Waals surface area contributed by atoms with Gasteiger partial charge in [-0.1, -0.05) is 0 Å². The second-order valence-corrected chi connectivity index (χ2v) is 2.89. The Labute approximate surface area is 82.6 Å². The summed E-state index contributed by atoms with van der Waals surface area (Å²) >= 11 is 0. The van der Waals surface area contributed by atoms with Gasteiger partial charge in [-0.15, -0.1) is 0 Å². The highest BCUT2D eigenvalue weighted by atomic mass is 16.9. The highest BCUT2D eigenvalue weighted by Gasteiger charge is 2.50. The Morgan fingerprint density at radius 1 is 1.43 bits per heavy atom. The molecule has 1 rings (SSSR count). The molecule has 0 spiro atoms. The van der Waals surface area contributed by atoms with E-state index in [-0.39, 0.29) is 0 Å². The van der Waals surface area contributed by atoms with Crippen molar-refractivity contribution in [3.05, 3.63) is 11.8 Å². The molecule has 0 radical (unpaired) electrons. The fourth-order valence-corrected chi connectivity index (χ4v) is 1.42. The van der Waals surface area contributed by atoms with Crippen LogP contribution in [-0.2, 0) is 23.7 Å². The fourth-order valence-electron chi connectivity index (χ4n) is 1.42. The van der Waals surface area contributed by atoms with Crippen LogP contribution in [0.15, 0.2) is 11.8 Å². The molecule has 0 bridgehead atoms. The van der Waals surface area contributed by atoms with Crippen LogP contribution in [0.2, 0.25) is 0 Å². The van der Waals surface area contributed by atoms with Gasteiger partial charge in [-0.25, -0.2) is 0 Å². The monoisotopic (exact) mass is 202 g/mol. The summed E-state index contributed by atoms with van der Waals surface area (Å²) in [5, 5.41) is 0. The number of rotatable bonds is 3. The van der Waals surface area contributed by atoms with E-state index in [0.717, 1.165) is 0 Å². The normalized spacial score (nSPS) is 24.0. The summed E-state index contributed by atoms with van der Waals surface area (Å²) in [6.45, 7) is 1.72. The number of allylic oxidation sites excluding steroid dienone is 1. The molecule has 1 heterocycles. The van der Waals surface area contributed by atoms with E-state index in [9.17, 15) is 4.79 Å². The van der Waals surface area contributed by atoms with Crippen LogP contribution in [0.4, 0.5) is 0 Å². The number of methoxy groups -OCH3 is 3. The van der Waals surface area contributed by atoms with Gasteiger partial charge in [0.05, 0.1) is 12.9 Å². The topological polar surface area (TPSA) is 54.0 Å². The Bertz CT molecular complexity index is 254. The smallest absolute Gasteiger partial charge is 0.344 e. The fraction of sp³-hybridized carbons (Fsp3) is 0.667. The standard InChI is InChI=1S/C9H14O5/c1-6-5-7(8(10)11-2)9(12-3,13-4)14-6/h5,7H,1-4H3. The molecule has 1 aliphatic heterocycles. The molecule has 0 N–H and O–H groups in total. The van der Waals surface area contributed by atoms with E-state index in [2.05, 4.69) is 4.74 Å². The molecule has 14 heavy (non-hydrogen) atoms. The summed E-state index contributed by atoms with van der Waals surface area (Å²) in [4.78, 5) is 11.4. The van der Waals surface area contributed by atoms with Gasteiger partial charge < -0.3 is 18.9 Å². The van der Waals surface area contributed by atoms with Crippen LogP contribution >= 0.6 is 0 Å². The van der Waals surface area contributed by atoms with Crippen LogP contribution in [0, 0.1) is 5.92 Å². The lowest BCUT2D eigenvalue weighted by Gasteiger charge is -2.29. The van der Waals surface area contributed by atoms with Crippen LogP contribution in [0.5, 0.6) is 0 Å². The van der Waals surface area contributed by atoms with Gasteiger partial charge in [-0.05, 0) is 13.0 Å². The maximum Gasteiger partial charge on any atom is 0.344 e. The largest absolute Gasteiger partial charge is 0.468 e. The van der Waals surface area contributed by atoms with Crippen LogP contribution < -0.4 is 0 Å². The Morgan fingerprint density at radius 3 is 2.43 bits per heavy atom. The van der Waals surface area contributed by atoms with Crippen molar-refractivity contribution >= 4 is 5.97 Å². The summed E-state index contributed by atoms with van der Waals surface area (Å²) in [7, 11) is 4.12. The lowest BCUT2D eigenvalue weighted by atomic mass is 10.1. The molecule has 1 aliphatic rings. The van der Waals surface area contributed by atoms with Crippen molar-refractivity contribution in [2.24, 2.45) is 5.92 Å². The highest BCUT2D eigenvalue weighted by Crippen LogP contribution is 2.35. The molecule has 0 aromatic carbocycles. The average Bonchev–Trinajstić information content (AvgIpc) is 2.55. The summed E-state index contributed by atoms with van der Waals surface area (Å²) in [5.41, 5.74) is 0. The van der Waals surface area contributed by atoms with Gasteiger partial charge in [0.1, 0.15) is 0 Å². The Balaban J connectivity index is 2.93. The first-order chi connectivity index (χ1) is 6.59. The number of hydrogen-bond acceptors (Lipinski definition) is 5. The van der Waals surface area contributed by atoms with E-state index in [0.29, 0.717) is 5.76 Å². The third-order valence-corrected chi connectivity index (χ3v) is 2.11. The third-order valence-electron chi connectivity index (χ3n) is 2.11. The first-order valence-corrected chi connectivity index (χ1v) is 4.15. The molecule has 5 heteroatoms. The molecule has 0 aromatic rings. The minimum absolute atomic E-state index is 0.453. The molecular formula is C9H14O5. The molecular weight excluding hydrogens is 188 g/mol. The van der Waals surface area contributed by atoms with Gasteiger partial charge in [0.2, 0.25) is 0 Å². The van der Waals surface area contributed by atoms with Gasteiger partial charge in [0.15, 0.2) is 5.92 Å². The minimum atomic E-state index is -1.38. The van der Waals surface area contributed by atoms with Crippen molar-refractivity contribution in [1.29, 1.82) is 0 Å². The Kier molecular flexibility index (Phi) is 3.13. The zero-order valence-corrected chi connectivity index (χ0v) is 8.70. The molecule has 0 aromatic heterocycles. The van der Waals surface area contributed by atoms with Gasteiger partial charge in [-0.3, -0.25) is 4.79 Å². The van der Waals surface area contributed by atoms with Gasteiger partial charge in [-0.2, -0.15) is 0 Å². The molecule has 0 saturated carbocycles. The number of hydrogen-bond donors (Lipinski definition) is 0. The second-order valence-electron chi connectivity index (χ2n) is 2.89. The maximum atomic E-state index is 11.4. The third kappa shape index (κ3) is 1.60. The molecule has 0 fully saturated rings. The molecule has 5 nitrogen and oxygen atoms in total. The average molecular weight is 202 g/mol. The van der Waals surface area contributed by atoms with Crippen LogP contribution in [0.3, 0.4) is 0 Å². The number of esters is 1. The van der Waals surface area contributed by atoms with Crippen LogP contribution in [0.1, 0.15) is 6.92 Å². The second kappa shape index (κ2) is 3.98. The molecule has 1 unspecified atom stereocenters. The maximum absolute atomic E-state index is 11.4. The van der Waals surface area contributed by atoms with E-state index in [1.807, 2.05) is 0 Å². The molecule has 0 aliphatic carbocycles. The van der Waals surface area contributed by atoms with Gasteiger partial charge in [0, 0.05) is 14.2 Å². The Morgan fingerprint density at radius 2 is 2.00 bits per heavy atom. The zero-order valence-electron chi connectivity index (χ0n) is 8.70. The molecule has 0 amide bonds. The van der Waals surface area contributed by atoms with Crippen molar-refractivity contribution in [3.63, 3.8) is 0 Å². The van der Waals surface area contributed by atoms with E-state index in [1.54, 1.807) is 13.0 Å². The lowest BCUT2D eigenvalue weighted by molar-refractivity contribution is -0.351. The van der Waals surface area contributed by atoms with E-state index in [1.165, 1.54) is 21.3 Å². The van der Waals surface area contributed by atoms with Crippen molar-refractivity contribution in [2.75, 3.05) is 21.3 Å². The van der Waals surface area contributed by atoms with E-state index < -0.39 is 17.9 Å². The summed E-state index contributed by atoms with van der Waals surface area (Å²) in [6, 6.07) is 0.